The van der Waals surface area contributed by atoms with E-state index < -0.39 is 12.0 Å². The zero-order valence-corrected chi connectivity index (χ0v) is 16.4. The van der Waals surface area contributed by atoms with E-state index in [1.807, 2.05) is 25.1 Å². The first-order chi connectivity index (χ1) is 13.5. The van der Waals surface area contributed by atoms with Gasteiger partial charge in [-0.1, -0.05) is 18.2 Å². The normalized spacial score (nSPS) is 36.1. The van der Waals surface area contributed by atoms with Crippen LogP contribution in [0.1, 0.15) is 57.4 Å². The van der Waals surface area contributed by atoms with E-state index in [1.165, 1.54) is 19.3 Å². The fourth-order valence-electron chi connectivity index (χ4n) is 6.94. The number of amides is 1. The van der Waals surface area contributed by atoms with E-state index >= 15 is 0 Å². The van der Waals surface area contributed by atoms with E-state index in [9.17, 15) is 14.7 Å². The number of anilines is 1. The van der Waals surface area contributed by atoms with Gasteiger partial charge in [0, 0.05) is 17.5 Å². The summed E-state index contributed by atoms with van der Waals surface area (Å²) in [5.74, 6) is 1.15. The summed E-state index contributed by atoms with van der Waals surface area (Å²) in [6.07, 6.45) is 7.22. The van der Waals surface area contributed by atoms with Crippen LogP contribution in [0.3, 0.4) is 0 Å². The molecule has 4 aliphatic carbocycles. The average molecular weight is 380 g/mol. The topological polar surface area (TPSA) is 70.0 Å². The number of benzene rings is 1. The second kappa shape index (κ2) is 6.43. The number of carboxylic acid groups (broad SMARTS) is 1. The van der Waals surface area contributed by atoms with Gasteiger partial charge in [0.05, 0.1) is 17.8 Å². The number of hydrogen-bond donors (Lipinski definition) is 1. The molecule has 1 aromatic carbocycles. The monoisotopic (exact) mass is 380 g/mol. The van der Waals surface area contributed by atoms with Gasteiger partial charge in [0.1, 0.15) is 6.04 Å². The number of carboxylic acids is 1. The minimum atomic E-state index is -0.964. The number of fused-ring (bicyclic) bond motifs is 1. The fourth-order valence-corrected chi connectivity index (χ4v) is 6.94. The molecule has 1 aromatic rings. The number of benzodiazepines with no additional fused rings is 1. The van der Waals surface area contributed by atoms with Crippen molar-refractivity contribution >= 4 is 23.3 Å². The molecule has 5 aliphatic rings. The number of aliphatic carboxylic acids is 1. The lowest BCUT2D eigenvalue weighted by Crippen LogP contribution is -2.50. The Morgan fingerprint density at radius 2 is 1.75 bits per heavy atom. The molecule has 6 rings (SSSR count). The quantitative estimate of drug-likeness (QED) is 0.861. The van der Waals surface area contributed by atoms with Crippen molar-refractivity contribution in [3.8, 4) is 0 Å². The van der Waals surface area contributed by atoms with E-state index in [0.29, 0.717) is 6.54 Å². The van der Waals surface area contributed by atoms with E-state index in [2.05, 4.69) is 6.07 Å². The number of carbonyl (C=O) groups excluding carboxylic acids is 1. The Labute approximate surface area is 165 Å². The fraction of sp³-hybridized carbons (Fsp3) is 0.609. The van der Waals surface area contributed by atoms with Gasteiger partial charge in [-0.3, -0.25) is 14.6 Å². The average Bonchev–Trinajstić information content (AvgIpc) is 2.75. The summed E-state index contributed by atoms with van der Waals surface area (Å²) in [5.41, 5.74) is 2.99. The molecule has 28 heavy (non-hydrogen) atoms. The maximum atomic E-state index is 13.2. The van der Waals surface area contributed by atoms with Crippen LogP contribution in [0.2, 0.25) is 0 Å². The number of carbonyl (C=O) groups is 2. The van der Waals surface area contributed by atoms with Crippen LogP contribution < -0.4 is 4.90 Å². The van der Waals surface area contributed by atoms with Gasteiger partial charge in [0.25, 0.3) is 5.91 Å². The second-order valence-electron chi connectivity index (χ2n) is 9.39. The lowest BCUT2D eigenvalue weighted by molar-refractivity contribution is -0.139. The summed E-state index contributed by atoms with van der Waals surface area (Å²) < 4.78 is 0. The lowest BCUT2D eigenvalue weighted by Gasteiger charge is -2.57. The van der Waals surface area contributed by atoms with Gasteiger partial charge in [-0.15, -0.1) is 0 Å². The second-order valence-corrected chi connectivity index (χ2v) is 9.39. The molecule has 1 aliphatic heterocycles. The zero-order chi connectivity index (χ0) is 19.5. The van der Waals surface area contributed by atoms with Gasteiger partial charge >= 0.3 is 5.97 Å². The Bertz CT molecular complexity index is 824. The van der Waals surface area contributed by atoms with Gasteiger partial charge in [0.2, 0.25) is 0 Å². The Morgan fingerprint density at radius 1 is 1.14 bits per heavy atom. The Balaban J connectivity index is 1.67. The van der Waals surface area contributed by atoms with Crippen LogP contribution in [-0.4, -0.2) is 35.3 Å². The van der Waals surface area contributed by atoms with E-state index in [-0.39, 0.29) is 17.7 Å². The van der Waals surface area contributed by atoms with Crippen LogP contribution >= 0.6 is 0 Å². The van der Waals surface area contributed by atoms with Crippen molar-refractivity contribution in [2.45, 2.75) is 57.9 Å². The summed E-state index contributed by atoms with van der Waals surface area (Å²) in [7, 11) is 0. The van der Waals surface area contributed by atoms with Gasteiger partial charge in [-0.2, -0.15) is 0 Å². The number of para-hydroxylation sites is 1. The van der Waals surface area contributed by atoms with Crippen molar-refractivity contribution in [1.29, 1.82) is 0 Å². The third-order valence-corrected chi connectivity index (χ3v) is 7.51. The molecule has 5 heteroatoms. The summed E-state index contributed by atoms with van der Waals surface area (Å²) in [6, 6.07) is 7.24. The highest BCUT2D eigenvalue weighted by atomic mass is 16.4. The van der Waals surface area contributed by atoms with Crippen molar-refractivity contribution in [1.82, 2.24) is 0 Å². The smallest absolute Gasteiger partial charge is 0.306 e. The summed E-state index contributed by atoms with van der Waals surface area (Å²) >= 11 is 0. The third-order valence-electron chi connectivity index (χ3n) is 7.51. The first-order valence-electron chi connectivity index (χ1n) is 10.7. The molecular formula is C23H28N2O3. The molecular weight excluding hydrogens is 352 g/mol. The molecule has 1 amide bonds. The maximum absolute atomic E-state index is 13.2. The molecule has 1 atom stereocenters. The minimum Gasteiger partial charge on any atom is -0.481 e. The number of nitrogens with zero attached hydrogens (tertiary/aromatic N) is 2. The van der Waals surface area contributed by atoms with Crippen molar-refractivity contribution in [2.75, 3.05) is 11.4 Å². The lowest BCUT2D eigenvalue weighted by atomic mass is 9.48. The predicted molar refractivity (Wildman–Crippen MR) is 108 cm³/mol. The van der Waals surface area contributed by atoms with E-state index in [1.54, 1.807) is 4.90 Å². The first kappa shape index (κ1) is 17.9. The van der Waals surface area contributed by atoms with Gasteiger partial charge < -0.3 is 10.0 Å². The minimum absolute atomic E-state index is 0.0195. The van der Waals surface area contributed by atoms with Crippen LogP contribution in [0.25, 0.3) is 0 Å². The molecule has 4 saturated carbocycles. The van der Waals surface area contributed by atoms with Crippen molar-refractivity contribution in [3.63, 3.8) is 0 Å². The first-order valence-corrected chi connectivity index (χ1v) is 10.7. The molecule has 4 bridgehead atoms. The van der Waals surface area contributed by atoms with Gasteiger partial charge in [0.15, 0.2) is 0 Å². The molecule has 0 unspecified atom stereocenters. The summed E-state index contributed by atoms with van der Waals surface area (Å²) in [5, 5.41) is 9.43. The SMILES string of the molecule is CCN1C(=O)[C@H](CC(=O)O)N=C(C23CC4CC(CC(C4)C2)C3)c2ccccc21. The molecule has 0 aromatic heterocycles. The van der Waals surface area contributed by atoms with Crippen LogP contribution in [-0.2, 0) is 9.59 Å². The van der Waals surface area contributed by atoms with Gasteiger partial charge in [-0.25, -0.2) is 0 Å². The number of aliphatic imine (C=N–C) groups is 1. The number of hydrogen-bond acceptors (Lipinski definition) is 3. The van der Waals surface area contributed by atoms with Gasteiger partial charge in [-0.05, 0) is 69.3 Å². The Hall–Kier alpha value is -2.17. The van der Waals surface area contributed by atoms with Crippen molar-refractivity contribution < 1.29 is 14.7 Å². The predicted octanol–water partition coefficient (Wildman–Crippen LogP) is 3.90. The van der Waals surface area contributed by atoms with Crippen molar-refractivity contribution in [2.24, 2.45) is 28.2 Å². The standard InChI is InChI=1S/C23H28N2O3/c1-2-25-19-6-4-3-5-17(19)21(24-18(22(25)28)10-20(26)27)23-11-14-7-15(12-23)9-16(8-14)13-23/h3-6,14-16,18H,2,7-13H2,1H3,(H,26,27)/t14?,15?,16?,18-,23?/m0/s1. The zero-order valence-electron chi connectivity index (χ0n) is 16.4. The third kappa shape index (κ3) is 2.70. The van der Waals surface area contributed by atoms with E-state index in [0.717, 1.165) is 54.0 Å². The summed E-state index contributed by atoms with van der Waals surface area (Å²) in [6.45, 7) is 2.47. The highest BCUT2D eigenvalue weighted by Crippen LogP contribution is 2.61. The maximum Gasteiger partial charge on any atom is 0.306 e. The molecule has 4 fully saturated rings. The van der Waals surface area contributed by atoms with Crippen LogP contribution in [0, 0.1) is 23.2 Å². The Kier molecular flexibility index (Phi) is 4.11. The molecule has 1 heterocycles. The van der Waals surface area contributed by atoms with Crippen molar-refractivity contribution in [3.05, 3.63) is 29.8 Å². The van der Waals surface area contributed by atoms with E-state index in [4.69, 9.17) is 4.99 Å². The molecule has 1 N–H and O–H groups in total. The molecule has 5 nitrogen and oxygen atoms in total. The highest BCUT2D eigenvalue weighted by Gasteiger charge is 2.54. The highest BCUT2D eigenvalue weighted by molar-refractivity contribution is 6.15. The molecule has 0 saturated heterocycles. The number of rotatable bonds is 4. The molecule has 0 radical (unpaired) electrons. The van der Waals surface area contributed by atoms with Crippen LogP contribution in [0.15, 0.2) is 29.3 Å². The number of likely N-dealkylation sites (N-methyl/N-ethyl adjacent to an activating group) is 1. The summed E-state index contributed by atoms with van der Waals surface area (Å²) in [4.78, 5) is 31.4. The molecule has 148 valence electrons. The van der Waals surface area contributed by atoms with Crippen LogP contribution in [0.4, 0.5) is 5.69 Å². The van der Waals surface area contributed by atoms with Crippen LogP contribution in [0.5, 0.6) is 0 Å². The molecule has 0 spiro atoms. The largest absolute Gasteiger partial charge is 0.481 e. The Morgan fingerprint density at radius 3 is 2.32 bits per heavy atom.